The molecule has 0 bridgehead atoms. The highest BCUT2D eigenvalue weighted by Crippen LogP contribution is 2.29. The van der Waals surface area contributed by atoms with Gasteiger partial charge in [0, 0.05) is 17.3 Å². The van der Waals surface area contributed by atoms with Gasteiger partial charge in [-0.05, 0) is 43.5 Å². The van der Waals surface area contributed by atoms with Gasteiger partial charge in [-0.1, -0.05) is 30.3 Å². The molecule has 1 N–H and O–H groups in total. The number of aromatic amines is 1. The number of hydrogen-bond donors (Lipinski definition) is 1. The van der Waals surface area contributed by atoms with Gasteiger partial charge in [0.1, 0.15) is 0 Å². The molecule has 0 amide bonds. The molecule has 1 aromatic heterocycles. The maximum atomic E-state index is 3.99. The Morgan fingerprint density at radius 1 is 1.12 bits per heavy atom. The van der Waals surface area contributed by atoms with Gasteiger partial charge >= 0.3 is 0 Å². The minimum absolute atomic E-state index is 0.255. The van der Waals surface area contributed by atoms with Gasteiger partial charge < -0.3 is 4.98 Å². The molecule has 88 valence electrons. The molecule has 1 unspecified atom stereocenters. The Kier molecular flexibility index (Phi) is 3.19. The van der Waals surface area contributed by atoms with Crippen molar-refractivity contribution in [3.05, 3.63) is 71.1 Å². The molecular formula is C16H19N. The summed E-state index contributed by atoms with van der Waals surface area (Å²) in [5.41, 5.74) is 6.40. The highest BCUT2D eigenvalue weighted by Gasteiger charge is 2.16. The molecule has 0 saturated carbocycles. The van der Waals surface area contributed by atoms with Crippen molar-refractivity contribution < 1.29 is 0 Å². The standard InChI is InChI=1S/C16H19N/c1-5-14(15-9-7-6-8-11(15)2)16-12(3)10-13(4)17-16/h5-10,14,17H,1H2,2-4H3. The van der Waals surface area contributed by atoms with Crippen LogP contribution in [0.2, 0.25) is 0 Å². The topological polar surface area (TPSA) is 15.8 Å². The van der Waals surface area contributed by atoms with E-state index in [1.165, 1.54) is 28.1 Å². The summed E-state index contributed by atoms with van der Waals surface area (Å²) in [5, 5.41) is 0. The molecular weight excluding hydrogens is 206 g/mol. The summed E-state index contributed by atoms with van der Waals surface area (Å²) in [6.07, 6.45) is 2.01. The van der Waals surface area contributed by atoms with Crippen molar-refractivity contribution >= 4 is 0 Å². The van der Waals surface area contributed by atoms with Gasteiger partial charge in [0.25, 0.3) is 0 Å². The quantitative estimate of drug-likeness (QED) is 0.751. The molecule has 0 aliphatic heterocycles. The minimum Gasteiger partial charge on any atom is -0.362 e. The van der Waals surface area contributed by atoms with Crippen LogP contribution < -0.4 is 0 Å². The largest absolute Gasteiger partial charge is 0.362 e. The Labute approximate surface area is 103 Å². The first-order valence-electron chi connectivity index (χ1n) is 5.97. The lowest BCUT2D eigenvalue weighted by molar-refractivity contribution is 0.941. The lowest BCUT2D eigenvalue weighted by Crippen LogP contribution is -2.02. The second kappa shape index (κ2) is 4.62. The zero-order valence-corrected chi connectivity index (χ0v) is 10.7. The number of rotatable bonds is 3. The normalized spacial score (nSPS) is 12.4. The van der Waals surface area contributed by atoms with Gasteiger partial charge in [0.05, 0.1) is 0 Å². The van der Waals surface area contributed by atoms with Crippen molar-refractivity contribution in [3.8, 4) is 0 Å². The molecule has 2 rings (SSSR count). The molecule has 1 atom stereocenters. The van der Waals surface area contributed by atoms with Crippen LogP contribution in [0.1, 0.15) is 34.0 Å². The van der Waals surface area contributed by atoms with Crippen LogP contribution in [0.3, 0.4) is 0 Å². The minimum atomic E-state index is 0.255. The molecule has 0 fully saturated rings. The Bertz CT molecular complexity index is 534. The lowest BCUT2D eigenvalue weighted by atomic mass is 9.91. The van der Waals surface area contributed by atoms with Crippen LogP contribution in [-0.4, -0.2) is 4.98 Å². The second-order valence-corrected chi connectivity index (χ2v) is 4.62. The van der Waals surface area contributed by atoms with Crippen LogP contribution in [0.15, 0.2) is 43.0 Å². The average molecular weight is 225 g/mol. The molecule has 17 heavy (non-hydrogen) atoms. The van der Waals surface area contributed by atoms with Crippen molar-refractivity contribution in [1.82, 2.24) is 4.98 Å². The van der Waals surface area contributed by atoms with Crippen molar-refractivity contribution in [3.63, 3.8) is 0 Å². The molecule has 0 radical (unpaired) electrons. The number of aromatic nitrogens is 1. The van der Waals surface area contributed by atoms with E-state index in [0.717, 1.165) is 0 Å². The third-order valence-electron chi connectivity index (χ3n) is 3.26. The number of benzene rings is 1. The van der Waals surface area contributed by atoms with Crippen LogP contribution in [0.5, 0.6) is 0 Å². The van der Waals surface area contributed by atoms with E-state index in [9.17, 15) is 0 Å². The number of nitrogens with one attached hydrogen (secondary N) is 1. The summed E-state index contributed by atoms with van der Waals surface area (Å²) in [5.74, 6) is 0.255. The first kappa shape index (κ1) is 11.7. The smallest absolute Gasteiger partial charge is 0.0423 e. The van der Waals surface area contributed by atoms with Crippen LogP contribution in [0, 0.1) is 20.8 Å². The Morgan fingerprint density at radius 3 is 2.35 bits per heavy atom. The zero-order chi connectivity index (χ0) is 12.4. The first-order valence-corrected chi connectivity index (χ1v) is 5.97. The molecule has 0 saturated heterocycles. The van der Waals surface area contributed by atoms with Crippen molar-refractivity contribution in [1.29, 1.82) is 0 Å². The van der Waals surface area contributed by atoms with Crippen molar-refractivity contribution in [2.75, 3.05) is 0 Å². The van der Waals surface area contributed by atoms with Crippen molar-refractivity contribution in [2.45, 2.75) is 26.7 Å². The molecule has 1 heterocycles. The monoisotopic (exact) mass is 225 g/mol. The summed E-state index contributed by atoms with van der Waals surface area (Å²) in [6.45, 7) is 10.4. The number of aryl methyl sites for hydroxylation is 3. The second-order valence-electron chi connectivity index (χ2n) is 4.62. The third-order valence-corrected chi connectivity index (χ3v) is 3.26. The molecule has 0 spiro atoms. The predicted molar refractivity (Wildman–Crippen MR) is 73.5 cm³/mol. The fraction of sp³-hybridized carbons (Fsp3) is 0.250. The van der Waals surface area contributed by atoms with Crippen LogP contribution in [0.25, 0.3) is 0 Å². The van der Waals surface area contributed by atoms with Gasteiger partial charge in [0.2, 0.25) is 0 Å². The predicted octanol–water partition coefficient (Wildman–Crippen LogP) is 4.26. The maximum absolute atomic E-state index is 3.99. The highest BCUT2D eigenvalue weighted by atomic mass is 14.7. The van der Waals surface area contributed by atoms with E-state index in [1.54, 1.807) is 0 Å². The average Bonchev–Trinajstić information content (AvgIpc) is 2.62. The lowest BCUT2D eigenvalue weighted by Gasteiger charge is -2.15. The summed E-state index contributed by atoms with van der Waals surface area (Å²) in [7, 11) is 0. The number of hydrogen-bond acceptors (Lipinski definition) is 0. The van der Waals surface area contributed by atoms with E-state index in [2.05, 4.69) is 62.7 Å². The summed E-state index contributed by atoms with van der Waals surface area (Å²) in [4.78, 5) is 3.45. The number of allylic oxidation sites excluding steroid dienone is 1. The number of H-pyrrole nitrogens is 1. The molecule has 1 aromatic carbocycles. The fourth-order valence-corrected chi connectivity index (χ4v) is 2.41. The van der Waals surface area contributed by atoms with Crippen LogP contribution in [0.4, 0.5) is 0 Å². The molecule has 0 aliphatic carbocycles. The van der Waals surface area contributed by atoms with Crippen LogP contribution in [-0.2, 0) is 0 Å². The SMILES string of the molecule is C=CC(c1ccccc1C)c1[nH]c(C)cc1C. The van der Waals surface area contributed by atoms with Gasteiger partial charge in [-0.2, -0.15) is 0 Å². The van der Waals surface area contributed by atoms with E-state index in [0.29, 0.717) is 0 Å². The summed E-state index contributed by atoms with van der Waals surface area (Å²) >= 11 is 0. The van der Waals surface area contributed by atoms with E-state index in [-0.39, 0.29) is 5.92 Å². The van der Waals surface area contributed by atoms with E-state index in [1.807, 2.05) is 6.08 Å². The molecule has 0 aliphatic rings. The van der Waals surface area contributed by atoms with Gasteiger partial charge in [-0.3, -0.25) is 0 Å². The van der Waals surface area contributed by atoms with Gasteiger partial charge in [0.15, 0.2) is 0 Å². The molecule has 2 aromatic rings. The Balaban J connectivity index is 2.51. The third kappa shape index (κ3) is 2.19. The Morgan fingerprint density at radius 2 is 1.82 bits per heavy atom. The van der Waals surface area contributed by atoms with Gasteiger partial charge in [-0.25, -0.2) is 0 Å². The maximum Gasteiger partial charge on any atom is 0.0423 e. The van der Waals surface area contributed by atoms with E-state index in [4.69, 9.17) is 0 Å². The first-order chi connectivity index (χ1) is 8.13. The highest BCUT2D eigenvalue weighted by molar-refractivity contribution is 5.41. The molecule has 1 nitrogen and oxygen atoms in total. The summed E-state index contributed by atoms with van der Waals surface area (Å²) < 4.78 is 0. The summed E-state index contributed by atoms with van der Waals surface area (Å²) in [6, 6.07) is 10.7. The van der Waals surface area contributed by atoms with E-state index >= 15 is 0 Å². The van der Waals surface area contributed by atoms with Crippen LogP contribution >= 0.6 is 0 Å². The Hall–Kier alpha value is -1.76. The van der Waals surface area contributed by atoms with Crippen molar-refractivity contribution in [2.24, 2.45) is 0 Å². The van der Waals surface area contributed by atoms with Gasteiger partial charge in [-0.15, -0.1) is 6.58 Å². The zero-order valence-electron chi connectivity index (χ0n) is 10.7. The molecule has 1 heteroatoms. The van der Waals surface area contributed by atoms with E-state index < -0.39 is 0 Å². The fourth-order valence-electron chi connectivity index (χ4n) is 2.41.